The van der Waals surface area contributed by atoms with Crippen LogP contribution in [0.4, 0.5) is 0 Å². The molecule has 1 aromatic rings. The second kappa shape index (κ2) is 6.70. The maximum Gasteiger partial charge on any atom is 0.237 e. The van der Waals surface area contributed by atoms with Crippen molar-refractivity contribution in [2.75, 3.05) is 26.2 Å². The maximum atomic E-state index is 12.7. The number of carbonyl (C=O) groups excluding carboxylic acids is 2. The fourth-order valence-electron chi connectivity index (χ4n) is 3.48. The van der Waals surface area contributed by atoms with Crippen molar-refractivity contribution in [2.24, 2.45) is 0 Å². The van der Waals surface area contributed by atoms with E-state index in [2.05, 4.69) is 15.3 Å². The monoisotopic (exact) mass is 319 g/mol. The molecule has 7 heteroatoms. The zero-order valence-corrected chi connectivity index (χ0v) is 13.9. The molecule has 2 aliphatic rings. The lowest BCUT2D eigenvalue weighted by molar-refractivity contribution is -0.139. The van der Waals surface area contributed by atoms with Gasteiger partial charge in [0, 0.05) is 26.2 Å². The van der Waals surface area contributed by atoms with Crippen molar-refractivity contribution in [1.82, 2.24) is 24.9 Å². The summed E-state index contributed by atoms with van der Waals surface area (Å²) in [5.41, 5.74) is 2.06. The van der Waals surface area contributed by atoms with Crippen LogP contribution >= 0.6 is 0 Å². The van der Waals surface area contributed by atoms with E-state index in [0.29, 0.717) is 13.1 Å². The van der Waals surface area contributed by atoms with E-state index in [1.165, 1.54) is 0 Å². The fourth-order valence-corrected chi connectivity index (χ4v) is 3.48. The molecule has 1 saturated heterocycles. The van der Waals surface area contributed by atoms with E-state index >= 15 is 0 Å². The number of aryl methyl sites for hydroxylation is 2. The Morgan fingerprint density at radius 3 is 3.00 bits per heavy atom. The van der Waals surface area contributed by atoms with Crippen LogP contribution in [0.5, 0.6) is 0 Å². The van der Waals surface area contributed by atoms with Crippen molar-refractivity contribution in [3.63, 3.8) is 0 Å². The van der Waals surface area contributed by atoms with E-state index in [1.54, 1.807) is 0 Å². The van der Waals surface area contributed by atoms with E-state index in [4.69, 9.17) is 0 Å². The fraction of sp³-hybridized carbons (Fsp3) is 0.688. The Hall–Kier alpha value is -1.89. The van der Waals surface area contributed by atoms with Gasteiger partial charge in [-0.05, 0) is 26.0 Å². The number of carbonyl (C=O) groups is 2. The van der Waals surface area contributed by atoms with E-state index in [1.807, 2.05) is 29.5 Å². The number of likely N-dealkylation sites (N-methyl/N-ethyl adjacent to an activating group) is 1. The highest BCUT2D eigenvalue weighted by Crippen LogP contribution is 2.16. The quantitative estimate of drug-likeness (QED) is 0.860. The molecule has 0 unspecified atom stereocenters. The van der Waals surface area contributed by atoms with E-state index in [9.17, 15) is 9.59 Å². The molecule has 23 heavy (non-hydrogen) atoms. The smallest absolute Gasteiger partial charge is 0.237 e. The number of rotatable bonds is 3. The lowest BCUT2D eigenvalue weighted by atomic mass is 10.1. The Kier molecular flexibility index (Phi) is 4.66. The molecule has 1 fully saturated rings. The van der Waals surface area contributed by atoms with Crippen molar-refractivity contribution in [3.8, 4) is 0 Å². The molecular formula is C16H25N5O2. The van der Waals surface area contributed by atoms with Gasteiger partial charge in [-0.2, -0.15) is 5.10 Å². The third-order valence-electron chi connectivity index (χ3n) is 4.70. The van der Waals surface area contributed by atoms with Crippen LogP contribution in [0.1, 0.15) is 31.2 Å². The van der Waals surface area contributed by atoms with Gasteiger partial charge in [-0.25, -0.2) is 0 Å². The molecule has 1 aromatic heterocycles. The molecule has 0 aromatic carbocycles. The Morgan fingerprint density at radius 1 is 1.39 bits per heavy atom. The second-order valence-electron chi connectivity index (χ2n) is 6.31. The summed E-state index contributed by atoms with van der Waals surface area (Å²) in [5, 5.41) is 7.33. The summed E-state index contributed by atoms with van der Waals surface area (Å²) >= 11 is 0. The van der Waals surface area contributed by atoms with Gasteiger partial charge in [0.1, 0.15) is 0 Å². The number of hydrogen-bond acceptors (Lipinski definition) is 4. The minimum absolute atomic E-state index is 0.0258. The van der Waals surface area contributed by atoms with E-state index < -0.39 is 0 Å². The molecule has 126 valence electrons. The topological polar surface area (TPSA) is 70.5 Å². The third-order valence-corrected chi connectivity index (χ3v) is 4.70. The summed E-state index contributed by atoms with van der Waals surface area (Å²) < 4.78 is 1.99. The van der Waals surface area contributed by atoms with Gasteiger partial charge >= 0.3 is 0 Å². The minimum Gasteiger partial charge on any atom is -0.353 e. The molecule has 7 nitrogen and oxygen atoms in total. The number of hydrogen-bond donors (Lipinski definition) is 1. The van der Waals surface area contributed by atoms with E-state index in [-0.39, 0.29) is 24.3 Å². The first-order chi connectivity index (χ1) is 11.1. The zero-order valence-electron chi connectivity index (χ0n) is 13.9. The van der Waals surface area contributed by atoms with E-state index in [0.717, 1.165) is 44.0 Å². The molecule has 0 saturated carbocycles. The van der Waals surface area contributed by atoms with Crippen LogP contribution in [0.2, 0.25) is 0 Å². The van der Waals surface area contributed by atoms with Crippen LogP contribution in [0.3, 0.4) is 0 Å². The number of nitrogens with zero attached hydrogens (tertiary/aromatic N) is 4. The molecule has 2 amide bonds. The standard InChI is InChI=1S/C16H25N5O2/c1-3-19-8-5-17-16(23)14(19)10-15(22)20-6-4-7-21-13(11-20)9-12(2)18-21/h9,14H,3-8,10-11H2,1-2H3,(H,17,23)/t14-/m1/s1. The summed E-state index contributed by atoms with van der Waals surface area (Å²) in [6.45, 7) is 8.42. The lowest BCUT2D eigenvalue weighted by Crippen LogP contribution is -2.56. The molecule has 1 N–H and O–H groups in total. The molecule has 2 aliphatic heterocycles. The molecule has 3 heterocycles. The van der Waals surface area contributed by atoms with Gasteiger partial charge in [-0.3, -0.25) is 19.2 Å². The van der Waals surface area contributed by atoms with Crippen LogP contribution in [0.15, 0.2) is 6.07 Å². The lowest BCUT2D eigenvalue weighted by Gasteiger charge is -2.34. The van der Waals surface area contributed by atoms with Gasteiger partial charge in [-0.1, -0.05) is 6.92 Å². The summed E-state index contributed by atoms with van der Waals surface area (Å²) in [4.78, 5) is 28.8. The summed E-state index contributed by atoms with van der Waals surface area (Å²) in [7, 11) is 0. The first-order valence-electron chi connectivity index (χ1n) is 8.41. The van der Waals surface area contributed by atoms with Crippen molar-refractivity contribution < 1.29 is 9.59 Å². The predicted molar refractivity (Wildman–Crippen MR) is 85.7 cm³/mol. The highest BCUT2D eigenvalue weighted by Gasteiger charge is 2.32. The number of piperazine rings is 1. The summed E-state index contributed by atoms with van der Waals surface area (Å²) in [6, 6.07) is 1.70. The summed E-state index contributed by atoms with van der Waals surface area (Å²) in [5.74, 6) is 0.0277. The van der Waals surface area contributed by atoms with Gasteiger partial charge in [0.25, 0.3) is 0 Å². The van der Waals surface area contributed by atoms with Crippen LogP contribution in [0.25, 0.3) is 0 Å². The Labute approximate surface area is 136 Å². The van der Waals surface area contributed by atoms with Gasteiger partial charge < -0.3 is 10.2 Å². The van der Waals surface area contributed by atoms with Crippen LogP contribution in [0, 0.1) is 6.92 Å². The SMILES string of the molecule is CCN1CCNC(=O)[C@H]1CC(=O)N1CCCn2nc(C)cc2C1. The van der Waals surface area contributed by atoms with Crippen molar-refractivity contribution in [1.29, 1.82) is 0 Å². The van der Waals surface area contributed by atoms with Gasteiger partial charge in [-0.15, -0.1) is 0 Å². The Morgan fingerprint density at radius 2 is 2.22 bits per heavy atom. The first kappa shape index (κ1) is 16.0. The molecule has 0 spiro atoms. The number of nitrogens with one attached hydrogen (secondary N) is 1. The highest BCUT2D eigenvalue weighted by molar-refractivity contribution is 5.88. The zero-order chi connectivity index (χ0) is 16.4. The average molecular weight is 319 g/mol. The second-order valence-corrected chi connectivity index (χ2v) is 6.31. The molecular weight excluding hydrogens is 294 g/mol. The molecule has 1 atom stereocenters. The average Bonchev–Trinajstić information content (AvgIpc) is 2.75. The number of fused-ring (bicyclic) bond motifs is 1. The van der Waals surface area contributed by atoms with Crippen LogP contribution in [-0.2, 0) is 22.7 Å². The highest BCUT2D eigenvalue weighted by atomic mass is 16.2. The van der Waals surface area contributed by atoms with Crippen molar-refractivity contribution in [2.45, 2.75) is 45.8 Å². The largest absolute Gasteiger partial charge is 0.353 e. The summed E-state index contributed by atoms with van der Waals surface area (Å²) in [6.07, 6.45) is 1.15. The minimum atomic E-state index is -0.337. The number of aromatic nitrogens is 2. The maximum absolute atomic E-state index is 12.7. The van der Waals surface area contributed by atoms with Crippen molar-refractivity contribution in [3.05, 3.63) is 17.5 Å². The Bertz CT molecular complexity index is 597. The molecule has 0 bridgehead atoms. The number of amides is 2. The van der Waals surface area contributed by atoms with Crippen LogP contribution < -0.4 is 5.32 Å². The normalized spacial score (nSPS) is 22.4. The molecule has 0 aliphatic carbocycles. The Balaban J connectivity index is 1.69. The van der Waals surface area contributed by atoms with Gasteiger partial charge in [0.15, 0.2) is 0 Å². The van der Waals surface area contributed by atoms with Crippen LogP contribution in [-0.4, -0.2) is 63.6 Å². The van der Waals surface area contributed by atoms with Gasteiger partial charge in [0.2, 0.25) is 11.8 Å². The predicted octanol–water partition coefficient (Wildman–Crippen LogP) is 0.134. The molecule has 3 rings (SSSR count). The third kappa shape index (κ3) is 3.39. The first-order valence-corrected chi connectivity index (χ1v) is 8.41. The van der Waals surface area contributed by atoms with Crippen molar-refractivity contribution >= 4 is 11.8 Å². The molecule has 0 radical (unpaired) electrons. The van der Waals surface area contributed by atoms with Gasteiger partial charge in [0.05, 0.1) is 30.4 Å².